The van der Waals surface area contributed by atoms with E-state index in [2.05, 4.69) is 40.0 Å². The molecule has 0 N–H and O–H groups in total. The number of pyridine rings is 1. The molecule has 4 rings (SSSR count). The number of rotatable bonds is 4. The average Bonchev–Trinajstić information content (AvgIpc) is 2.91. The lowest BCUT2D eigenvalue weighted by Gasteiger charge is -2.25. The van der Waals surface area contributed by atoms with Crippen molar-refractivity contribution in [3.63, 3.8) is 0 Å². The van der Waals surface area contributed by atoms with Crippen LogP contribution in [0.5, 0.6) is 0 Å². The third-order valence-electron chi connectivity index (χ3n) is 5.10. The van der Waals surface area contributed by atoms with Crippen LogP contribution in [0.15, 0.2) is 83.0 Å². The maximum atomic E-state index is 6.12. The van der Waals surface area contributed by atoms with Gasteiger partial charge in [-0.25, -0.2) is 9.98 Å². The Labute approximate surface area is 176 Å². The van der Waals surface area contributed by atoms with E-state index in [0.29, 0.717) is 6.04 Å². The lowest BCUT2D eigenvalue weighted by molar-refractivity contribution is 0.324. The van der Waals surface area contributed by atoms with E-state index in [1.54, 1.807) is 12.4 Å². The van der Waals surface area contributed by atoms with E-state index in [1.165, 1.54) is 5.56 Å². The zero-order valence-electron chi connectivity index (χ0n) is 16.4. The molecule has 146 valence electrons. The first-order chi connectivity index (χ1) is 14.2. The number of benzene rings is 2. The number of nitrogens with zero attached hydrogens (tertiary/aromatic N) is 4. The van der Waals surface area contributed by atoms with E-state index in [0.717, 1.165) is 47.1 Å². The highest BCUT2D eigenvalue weighted by Crippen LogP contribution is 2.23. The summed E-state index contributed by atoms with van der Waals surface area (Å²) in [6.07, 6.45) is 7.40. The minimum Gasteiger partial charge on any atom is -0.356 e. The quantitative estimate of drug-likeness (QED) is 0.525. The molecule has 0 bridgehead atoms. The molecule has 1 unspecified atom stereocenters. The van der Waals surface area contributed by atoms with Crippen molar-refractivity contribution in [2.75, 3.05) is 0 Å². The van der Waals surface area contributed by atoms with Gasteiger partial charge in [-0.1, -0.05) is 35.9 Å². The molecule has 1 aliphatic rings. The van der Waals surface area contributed by atoms with Gasteiger partial charge in [-0.2, -0.15) is 0 Å². The predicted molar refractivity (Wildman–Crippen MR) is 121 cm³/mol. The molecule has 3 aromatic rings. The molecule has 1 aliphatic heterocycles. The fourth-order valence-electron chi connectivity index (χ4n) is 3.37. The molecular formula is C24H23ClN4. The normalized spacial score (nSPS) is 18.1. The molecule has 0 fully saturated rings. The van der Waals surface area contributed by atoms with Crippen molar-refractivity contribution in [2.45, 2.75) is 32.4 Å². The van der Waals surface area contributed by atoms with Crippen LogP contribution in [0.2, 0.25) is 5.02 Å². The number of aromatic nitrogens is 1. The zero-order chi connectivity index (χ0) is 20.1. The molecule has 1 atom stereocenters. The van der Waals surface area contributed by atoms with Crippen LogP contribution in [0.1, 0.15) is 25.3 Å². The summed E-state index contributed by atoms with van der Waals surface area (Å²) in [4.78, 5) is 15.7. The summed E-state index contributed by atoms with van der Waals surface area (Å²) in [6, 6.07) is 20.6. The highest BCUT2D eigenvalue weighted by Gasteiger charge is 2.16. The highest BCUT2D eigenvalue weighted by atomic mass is 35.5. The van der Waals surface area contributed by atoms with Gasteiger partial charge >= 0.3 is 0 Å². The SMILES string of the molecule is CC1CCC(=Nc2ccc(-c3ccncc3)cc2)N=CN1Cc1cccc(Cl)c1. The maximum Gasteiger partial charge on any atom is 0.130 e. The first kappa shape index (κ1) is 19.3. The van der Waals surface area contributed by atoms with Crippen LogP contribution in [-0.4, -0.2) is 28.1 Å². The van der Waals surface area contributed by atoms with E-state index in [9.17, 15) is 0 Å². The molecule has 1 aromatic heterocycles. The molecule has 2 aromatic carbocycles. The largest absolute Gasteiger partial charge is 0.356 e. The summed E-state index contributed by atoms with van der Waals surface area (Å²) in [6.45, 7) is 3.02. The maximum absolute atomic E-state index is 6.12. The molecule has 0 amide bonds. The van der Waals surface area contributed by atoms with Gasteiger partial charge in [0.15, 0.2) is 0 Å². The zero-order valence-corrected chi connectivity index (χ0v) is 17.1. The van der Waals surface area contributed by atoms with E-state index >= 15 is 0 Å². The molecule has 5 heteroatoms. The Morgan fingerprint density at radius 2 is 1.79 bits per heavy atom. The van der Waals surface area contributed by atoms with E-state index in [1.807, 2.05) is 48.8 Å². The first-order valence-corrected chi connectivity index (χ1v) is 10.2. The van der Waals surface area contributed by atoms with Crippen molar-refractivity contribution in [3.8, 4) is 11.1 Å². The standard InChI is InChI=1S/C24H23ClN4/c1-18-5-10-24(27-17-29(18)16-19-3-2-4-22(25)15-19)28-23-8-6-20(7-9-23)21-11-13-26-14-12-21/h2-4,6-9,11-15,17-18H,5,10,16H2,1H3. The summed E-state index contributed by atoms with van der Waals surface area (Å²) in [5, 5.41) is 0.763. The Kier molecular flexibility index (Phi) is 6.01. The van der Waals surface area contributed by atoms with E-state index in [4.69, 9.17) is 16.6 Å². The van der Waals surface area contributed by atoms with Gasteiger partial charge in [0.25, 0.3) is 0 Å². The van der Waals surface area contributed by atoms with E-state index < -0.39 is 0 Å². The van der Waals surface area contributed by atoms with Gasteiger partial charge in [-0.15, -0.1) is 0 Å². The highest BCUT2D eigenvalue weighted by molar-refractivity contribution is 6.30. The monoisotopic (exact) mass is 402 g/mol. The summed E-state index contributed by atoms with van der Waals surface area (Å²) >= 11 is 6.12. The van der Waals surface area contributed by atoms with Gasteiger partial charge in [-0.3, -0.25) is 4.98 Å². The summed E-state index contributed by atoms with van der Waals surface area (Å²) in [7, 11) is 0. The fraction of sp³-hybridized carbons (Fsp3) is 0.208. The van der Waals surface area contributed by atoms with Gasteiger partial charge in [0.05, 0.1) is 12.0 Å². The van der Waals surface area contributed by atoms with Crippen LogP contribution in [0.3, 0.4) is 0 Å². The molecular weight excluding hydrogens is 380 g/mol. The van der Waals surface area contributed by atoms with Crippen molar-refractivity contribution in [1.29, 1.82) is 0 Å². The Balaban J connectivity index is 1.48. The van der Waals surface area contributed by atoms with Gasteiger partial charge in [-0.05, 0) is 66.4 Å². The number of hydrogen-bond acceptors (Lipinski definition) is 3. The third kappa shape index (κ3) is 5.09. The summed E-state index contributed by atoms with van der Waals surface area (Å²) < 4.78 is 0. The van der Waals surface area contributed by atoms with Crippen molar-refractivity contribution >= 4 is 29.5 Å². The van der Waals surface area contributed by atoms with E-state index in [-0.39, 0.29) is 0 Å². The molecule has 0 saturated heterocycles. The van der Waals surface area contributed by atoms with Gasteiger partial charge in [0.1, 0.15) is 5.84 Å². The number of halogens is 1. The van der Waals surface area contributed by atoms with Crippen LogP contribution >= 0.6 is 11.6 Å². The molecule has 0 aliphatic carbocycles. The topological polar surface area (TPSA) is 40.9 Å². The lowest BCUT2D eigenvalue weighted by Crippen LogP contribution is -2.30. The van der Waals surface area contributed by atoms with Crippen LogP contribution in [0, 0.1) is 0 Å². The molecule has 2 heterocycles. The Morgan fingerprint density at radius 1 is 1.03 bits per heavy atom. The Morgan fingerprint density at radius 3 is 2.55 bits per heavy atom. The lowest BCUT2D eigenvalue weighted by atomic mass is 10.1. The molecule has 0 radical (unpaired) electrons. The second-order valence-corrected chi connectivity index (χ2v) is 7.68. The first-order valence-electron chi connectivity index (χ1n) is 9.80. The summed E-state index contributed by atoms with van der Waals surface area (Å²) in [5.74, 6) is 0.863. The number of aliphatic imine (C=N–C) groups is 2. The van der Waals surface area contributed by atoms with Gasteiger partial charge in [0, 0.05) is 36.4 Å². The van der Waals surface area contributed by atoms with Crippen LogP contribution < -0.4 is 0 Å². The number of amidine groups is 1. The smallest absolute Gasteiger partial charge is 0.130 e. The Bertz CT molecular complexity index is 1010. The Hall–Kier alpha value is -2.98. The van der Waals surface area contributed by atoms with Crippen LogP contribution in [0.25, 0.3) is 11.1 Å². The van der Waals surface area contributed by atoms with Crippen molar-refractivity contribution < 1.29 is 0 Å². The average molecular weight is 403 g/mol. The van der Waals surface area contributed by atoms with Crippen LogP contribution in [0.4, 0.5) is 5.69 Å². The third-order valence-corrected chi connectivity index (χ3v) is 5.34. The van der Waals surface area contributed by atoms with Gasteiger partial charge in [0.2, 0.25) is 0 Å². The molecule has 0 saturated carbocycles. The van der Waals surface area contributed by atoms with Crippen molar-refractivity contribution in [1.82, 2.24) is 9.88 Å². The van der Waals surface area contributed by atoms with Crippen molar-refractivity contribution in [2.24, 2.45) is 9.98 Å². The predicted octanol–water partition coefficient (Wildman–Crippen LogP) is 6.14. The minimum atomic E-state index is 0.388. The molecule has 29 heavy (non-hydrogen) atoms. The summed E-state index contributed by atoms with van der Waals surface area (Å²) in [5.41, 5.74) is 4.41. The van der Waals surface area contributed by atoms with Gasteiger partial charge < -0.3 is 4.90 Å². The second-order valence-electron chi connectivity index (χ2n) is 7.25. The second kappa shape index (κ2) is 9.01. The fourth-order valence-corrected chi connectivity index (χ4v) is 3.59. The number of hydrogen-bond donors (Lipinski definition) is 0. The molecule has 0 spiro atoms. The molecule has 4 nitrogen and oxygen atoms in total. The van der Waals surface area contributed by atoms with Crippen LogP contribution in [-0.2, 0) is 6.54 Å². The minimum absolute atomic E-state index is 0.388. The van der Waals surface area contributed by atoms with Crippen molar-refractivity contribution in [3.05, 3.63) is 83.6 Å².